The van der Waals surface area contributed by atoms with Gasteiger partial charge in [-0.05, 0) is 215 Å². The lowest BCUT2D eigenvalue weighted by atomic mass is 9.90. The smallest absolute Gasteiger partial charge is 0.164 e. The fourth-order valence-electron chi connectivity index (χ4n) is 21.8. The van der Waals surface area contributed by atoms with Crippen molar-refractivity contribution in [3.05, 3.63) is 419 Å². The van der Waals surface area contributed by atoms with Crippen LogP contribution in [0.3, 0.4) is 0 Å². The summed E-state index contributed by atoms with van der Waals surface area (Å²) < 4.78 is 39.7. The first-order valence-corrected chi connectivity index (χ1v) is 47.3. The Kier molecular flexibility index (Phi) is 17.2. The average Bonchev–Trinajstić information content (AvgIpc) is 1.49. The minimum absolute atomic E-state index is 0.513. The van der Waals surface area contributed by atoms with Gasteiger partial charge in [-0.25, -0.2) is 44.9 Å². The third kappa shape index (κ3) is 12.5. The minimum Gasteiger partial charge on any atom is -0.456 e. The van der Waals surface area contributed by atoms with E-state index in [2.05, 4.69) is 285 Å². The number of aromatic nitrogens is 9. The fourth-order valence-corrected chi connectivity index (χ4v) is 21.8. The molecule has 9 heterocycles. The van der Waals surface area contributed by atoms with E-state index in [4.69, 9.17) is 71.4 Å². The van der Waals surface area contributed by atoms with Crippen LogP contribution in [0.25, 0.3) is 322 Å². The molecule has 30 rings (SSSR count). The summed E-state index contributed by atoms with van der Waals surface area (Å²) in [7, 11) is 0. The summed E-state index contributed by atoms with van der Waals surface area (Å²) >= 11 is 0. The second-order valence-corrected chi connectivity index (χ2v) is 36.3. The quantitative estimate of drug-likeness (QED) is 0.106. The minimum atomic E-state index is 0.513. The molecule has 0 atom stereocenters. The SMILES string of the molecule is c1ccc(-c2cc(-c3ccc4oc5ccc6c(-c7ccc(-c8nc(-c9ccccc9)nc(-c9cccc(-c%10ccc%11c(c%10)oc%10ccc%12c(-c%13nc(-c%14cccc%15oc%16ccccc%16c%14%15)nc(-c%14cccc%15oc%16ccccc%16c%14%15)n%13)cccc%12c%10%11)c9)n8)c8ccccc78)cccc6c5c4c3)cc(-c3nc(-c4cccc5c4ccc4oc6ccccc6c45)nc(-c4cccc5oc6ccccc6c45)n3)c2)cc1. The number of hydrogen-bond donors (Lipinski definition) is 0. The summed E-state index contributed by atoms with van der Waals surface area (Å²) in [4.78, 5) is 48.9. The molecule has 658 valence electrons. The molecule has 0 N–H and O–H groups in total. The Balaban J connectivity index is 0.509. The highest BCUT2D eigenvalue weighted by atomic mass is 16.3. The van der Waals surface area contributed by atoms with Gasteiger partial charge in [0, 0.05) is 115 Å². The summed E-state index contributed by atoms with van der Waals surface area (Å²) in [5.74, 6) is 4.74. The van der Waals surface area contributed by atoms with Gasteiger partial charge in [0.2, 0.25) is 0 Å². The van der Waals surface area contributed by atoms with Gasteiger partial charge in [0.1, 0.15) is 67.0 Å². The molecule has 0 aliphatic rings. The highest BCUT2D eigenvalue weighted by molar-refractivity contribution is 6.26. The molecule has 21 aromatic carbocycles. The zero-order chi connectivity index (χ0) is 92.9. The zero-order valence-electron chi connectivity index (χ0n) is 75.3. The van der Waals surface area contributed by atoms with Crippen molar-refractivity contribution in [1.29, 1.82) is 0 Å². The van der Waals surface area contributed by atoms with E-state index in [-0.39, 0.29) is 0 Å². The highest BCUT2D eigenvalue weighted by Gasteiger charge is 2.28. The Bertz CT molecular complexity index is 10500. The lowest BCUT2D eigenvalue weighted by molar-refractivity contribution is 0.668. The maximum atomic E-state index is 6.92. The van der Waals surface area contributed by atoms with E-state index >= 15 is 0 Å². The van der Waals surface area contributed by atoms with E-state index in [9.17, 15) is 0 Å². The van der Waals surface area contributed by atoms with Gasteiger partial charge in [-0.3, -0.25) is 0 Å². The summed E-state index contributed by atoms with van der Waals surface area (Å²) in [6.07, 6.45) is 0. The maximum Gasteiger partial charge on any atom is 0.164 e. The molecule has 0 spiro atoms. The predicted molar refractivity (Wildman–Crippen MR) is 571 cm³/mol. The number of fused-ring (bicyclic) bond motifs is 25. The second kappa shape index (κ2) is 31.0. The molecule has 0 saturated carbocycles. The average molecular weight is 1820 g/mol. The maximum absolute atomic E-state index is 6.92. The van der Waals surface area contributed by atoms with Crippen LogP contribution in [0.15, 0.2) is 445 Å². The number of nitrogens with zero attached hydrogens (tertiary/aromatic N) is 9. The summed E-state index contributed by atoms with van der Waals surface area (Å²) in [5, 5.41) is 19.9. The van der Waals surface area contributed by atoms with Crippen molar-refractivity contribution in [3.63, 3.8) is 0 Å². The van der Waals surface area contributed by atoms with Crippen LogP contribution in [0, 0.1) is 0 Å². The van der Waals surface area contributed by atoms with Gasteiger partial charge in [0.05, 0.1) is 0 Å². The van der Waals surface area contributed by atoms with Crippen LogP contribution in [0.2, 0.25) is 0 Å². The lowest BCUT2D eigenvalue weighted by Gasteiger charge is -2.15. The van der Waals surface area contributed by atoms with Crippen LogP contribution < -0.4 is 0 Å². The molecule has 0 radical (unpaired) electrons. The molecular weight excluding hydrogens is 1750 g/mol. The van der Waals surface area contributed by atoms with Crippen LogP contribution in [0.5, 0.6) is 0 Å². The van der Waals surface area contributed by atoms with Crippen LogP contribution in [-0.2, 0) is 0 Å². The molecule has 30 aromatic rings. The Hall–Kier alpha value is -19.5. The summed E-state index contributed by atoms with van der Waals surface area (Å²) in [6, 6.07) is 144. The first-order valence-electron chi connectivity index (χ1n) is 47.3. The Morgan fingerprint density at radius 3 is 0.873 bits per heavy atom. The van der Waals surface area contributed by atoms with E-state index in [1.54, 1.807) is 0 Å². The number of furan rings is 6. The predicted octanol–water partition coefficient (Wildman–Crippen LogP) is 33.9. The van der Waals surface area contributed by atoms with Crippen LogP contribution >= 0.6 is 0 Å². The van der Waals surface area contributed by atoms with Crippen molar-refractivity contribution in [2.45, 2.75) is 0 Å². The van der Waals surface area contributed by atoms with Crippen molar-refractivity contribution in [2.24, 2.45) is 0 Å². The van der Waals surface area contributed by atoms with Gasteiger partial charge in [-0.2, -0.15) is 0 Å². The van der Waals surface area contributed by atoms with Crippen LogP contribution in [0.4, 0.5) is 0 Å². The molecule has 142 heavy (non-hydrogen) atoms. The standard InChI is InChI=1S/C127H69N9O6/c1-3-24-70(25-4-1)76-65-77(67-78(66-76)121-131-122(133-125(132-121)97-42-21-49-106-116(97)93-33-10-14-46-102(93)137-106)89-40-19-38-87-84(89)58-62-109-113(87)92-32-9-13-45-101(92)140-109)73-53-60-105-100(68-73)115-86-37-18-36-80(83(86)57-61-111(115)141-105)82-55-56-91(81-31-8-7-30-79(81)82)124-129-119(71-26-5-2-6-27-71)128-120(130-124)75-29-17-28-72(64-75)74-52-54-96-112(69-74)142-110-63-59-85-88(114(96)110)39-20-41-90(85)123-134-126(98-43-22-50-107-117(98)94-34-11-15-47-103(94)138-107)136-127(135-123)99-44-23-51-108-118(99)95-35-12-16-48-104(95)139-108/h1-69H. The van der Waals surface area contributed by atoms with E-state index in [1.165, 1.54) is 0 Å². The van der Waals surface area contributed by atoms with E-state index in [0.29, 0.717) is 52.4 Å². The van der Waals surface area contributed by atoms with Crippen molar-refractivity contribution >= 4 is 175 Å². The topological polar surface area (TPSA) is 195 Å². The van der Waals surface area contributed by atoms with Gasteiger partial charge in [0.15, 0.2) is 52.4 Å². The summed E-state index contributed by atoms with van der Waals surface area (Å²) in [5.41, 5.74) is 24.9. The number of para-hydroxylation sites is 4. The molecule has 0 fully saturated rings. The third-order valence-corrected chi connectivity index (χ3v) is 28.3. The first kappa shape index (κ1) is 78.8. The second-order valence-electron chi connectivity index (χ2n) is 36.3. The fraction of sp³-hybridized carbons (Fsp3) is 0. The first-order chi connectivity index (χ1) is 70.3. The van der Waals surface area contributed by atoms with Crippen molar-refractivity contribution in [1.82, 2.24) is 44.9 Å². The summed E-state index contributed by atoms with van der Waals surface area (Å²) in [6.45, 7) is 0. The Labute approximate surface area is 806 Å². The number of benzene rings is 21. The molecule has 15 heteroatoms. The lowest BCUT2D eigenvalue weighted by Crippen LogP contribution is -2.01. The molecule has 9 aromatic heterocycles. The molecule has 0 aliphatic heterocycles. The largest absolute Gasteiger partial charge is 0.456 e. The highest BCUT2D eigenvalue weighted by Crippen LogP contribution is 2.50. The third-order valence-electron chi connectivity index (χ3n) is 28.3. The number of hydrogen-bond acceptors (Lipinski definition) is 15. The van der Waals surface area contributed by atoms with E-state index < -0.39 is 0 Å². The normalized spacial score (nSPS) is 12.1. The van der Waals surface area contributed by atoms with Gasteiger partial charge >= 0.3 is 0 Å². The molecule has 0 bridgehead atoms. The molecular formula is C127H69N9O6. The van der Waals surface area contributed by atoms with Gasteiger partial charge in [-0.15, -0.1) is 0 Å². The molecule has 15 nitrogen and oxygen atoms in total. The van der Waals surface area contributed by atoms with Crippen molar-refractivity contribution in [3.8, 4) is 147 Å². The molecule has 0 amide bonds. The Morgan fingerprint density at radius 2 is 0.359 bits per heavy atom. The molecule has 0 aliphatic carbocycles. The van der Waals surface area contributed by atoms with Gasteiger partial charge in [0.25, 0.3) is 0 Å². The van der Waals surface area contributed by atoms with Crippen LogP contribution in [-0.4, -0.2) is 44.9 Å². The van der Waals surface area contributed by atoms with E-state index in [0.717, 1.165) is 269 Å². The molecule has 0 saturated heterocycles. The zero-order valence-corrected chi connectivity index (χ0v) is 75.3. The van der Waals surface area contributed by atoms with Gasteiger partial charge in [-0.1, -0.05) is 291 Å². The van der Waals surface area contributed by atoms with Gasteiger partial charge < -0.3 is 26.5 Å². The van der Waals surface area contributed by atoms with Crippen molar-refractivity contribution in [2.75, 3.05) is 0 Å². The number of rotatable bonds is 13. The molecule has 0 unspecified atom stereocenters. The van der Waals surface area contributed by atoms with Crippen LogP contribution in [0.1, 0.15) is 0 Å². The van der Waals surface area contributed by atoms with E-state index in [1.807, 2.05) is 133 Å². The van der Waals surface area contributed by atoms with Crippen molar-refractivity contribution < 1.29 is 26.5 Å². The monoisotopic (exact) mass is 1820 g/mol. The Morgan fingerprint density at radius 1 is 0.106 bits per heavy atom.